The Bertz CT molecular complexity index is 532. The summed E-state index contributed by atoms with van der Waals surface area (Å²) in [6.45, 7) is 3.26. The number of pyridine rings is 1. The zero-order valence-corrected chi connectivity index (χ0v) is 11.1. The molecule has 2 N–H and O–H groups in total. The number of aromatic nitrogens is 3. The molecule has 0 bridgehead atoms. The summed E-state index contributed by atoms with van der Waals surface area (Å²) in [5.41, 5.74) is 8.97. The van der Waals surface area contributed by atoms with E-state index in [1.165, 1.54) is 0 Å². The Balaban J connectivity index is 2.22. The molecule has 0 amide bonds. The second-order valence-corrected chi connectivity index (χ2v) is 4.52. The summed E-state index contributed by atoms with van der Waals surface area (Å²) < 4.78 is 1.80. The molecular formula is C13H19N5. The van der Waals surface area contributed by atoms with Crippen LogP contribution in [0.4, 0.5) is 5.82 Å². The summed E-state index contributed by atoms with van der Waals surface area (Å²) in [6, 6.07) is 4.03. The largest absolute Gasteiger partial charge is 0.355 e. The molecule has 0 spiro atoms. The number of rotatable bonds is 4. The zero-order valence-electron chi connectivity index (χ0n) is 11.1. The molecule has 0 aliphatic rings. The van der Waals surface area contributed by atoms with Crippen LogP contribution in [0.3, 0.4) is 0 Å². The van der Waals surface area contributed by atoms with E-state index in [1.54, 1.807) is 4.68 Å². The van der Waals surface area contributed by atoms with E-state index < -0.39 is 0 Å². The molecular weight excluding hydrogens is 226 g/mol. The Labute approximate surface area is 107 Å². The molecule has 0 saturated carbocycles. The summed E-state index contributed by atoms with van der Waals surface area (Å²) in [6.07, 6.45) is 3.88. The molecule has 0 aliphatic heterocycles. The SMILES string of the molecule is Cc1ccc(CN)c(N(C)Cc2cnn(C)c2)n1. The van der Waals surface area contributed by atoms with Crippen LogP contribution in [0.25, 0.3) is 0 Å². The maximum atomic E-state index is 5.75. The second kappa shape index (κ2) is 5.18. The van der Waals surface area contributed by atoms with Gasteiger partial charge in [-0.1, -0.05) is 6.07 Å². The van der Waals surface area contributed by atoms with Crippen molar-refractivity contribution in [3.8, 4) is 0 Å². The number of aryl methyl sites for hydroxylation is 2. The van der Waals surface area contributed by atoms with E-state index in [9.17, 15) is 0 Å². The van der Waals surface area contributed by atoms with Crippen LogP contribution in [0.2, 0.25) is 0 Å². The van der Waals surface area contributed by atoms with Gasteiger partial charge in [0.2, 0.25) is 0 Å². The Morgan fingerprint density at radius 1 is 1.39 bits per heavy atom. The highest BCUT2D eigenvalue weighted by Gasteiger charge is 2.10. The molecule has 0 unspecified atom stereocenters. The van der Waals surface area contributed by atoms with Crippen LogP contribution in [0.1, 0.15) is 16.8 Å². The van der Waals surface area contributed by atoms with E-state index in [-0.39, 0.29) is 0 Å². The molecule has 96 valence electrons. The maximum Gasteiger partial charge on any atom is 0.133 e. The first-order valence-corrected chi connectivity index (χ1v) is 5.95. The van der Waals surface area contributed by atoms with Crippen molar-refractivity contribution in [3.63, 3.8) is 0 Å². The normalized spacial score (nSPS) is 10.7. The summed E-state index contributed by atoms with van der Waals surface area (Å²) in [5, 5.41) is 4.17. The van der Waals surface area contributed by atoms with E-state index in [2.05, 4.69) is 15.0 Å². The lowest BCUT2D eigenvalue weighted by Crippen LogP contribution is -2.20. The van der Waals surface area contributed by atoms with Gasteiger partial charge >= 0.3 is 0 Å². The molecule has 0 radical (unpaired) electrons. The number of hydrogen-bond donors (Lipinski definition) is 1. The van der Waals surface area contributed by atoms with Gasteiger partial charge in [-0.05, 0) is 13.0 Å². The lowest BCUT2D eigenvalue weighted by molar-refractivity contribution is 0.766. The van der Waals surface area contributed by atoms with Crippen LogP contribution >= 0.6 is 0 Å². The van der Waals surface area contributed by atoms with Crippen LogP contribution in [-0.4, -0.2) is 21.8 Å². The summed E-state index contributed by atoms with van der Waals surface area (Å²) in [7, 11) is 3.94. The van der Waals surface area contributed by atoms with Gasteiger partial charge in [0.15, 0.2) is 0 Å². The Hall–Kier alpha value is -1.88. The van der Waals surface area contributed by atoms with Gasteiger partial charge in [0, 0.05) is 50.2 Å². The average Bonchev–Trinajstić information content (AvgIpc) is 2.74. The minimum Gasteiger partial charge on any atom is -0.355 e. The zero-order chi connectivity index (χ0) is 13.1. The number of hydrogen-bond acceptors (Lipinski definition) is 4. The van der Waals surface area contributed by atoms with Crippen molar-refractivity contribution in [1.82, 2.24) is 14.8 Å². The van der Waals surface area contributed by atoms with Gasteiger partial charge in [0.05, 0.1) is 6.20 Å². The fraction of sp³-hybridized carbons (Fsp3) is 0.385. The molecule has 0 atom stereocenters. The van der Waals surface area contributed by atoms with Crippen molar-refractivity contribution < 1.29 is 0 Å². The fourth-order valence-corrected chi connectivity index (χ4v) is 1.96. The lowest BCUT2D eigenvalue weighted by atomic mass is 10.2. The van der Waals surface area contributed by atoms with Crippen LogP contribution in [0.5, 0.6) is 0 Å². The van der Waals surface area contributed by atoms with Crippen LogP contribution in [0, 0.1) is 6.92 Å². The molecule has 2 rings (SSSR count). The van der Waals surface area contributed by atoms with Crippen LogP contribution < -0.4 is 10.6 Å². The predicted octanol–water partition coefficient (Wildman–Crippen LogP) is 1.22. The Morgan fingerprint density at radius 3 is 2.78 bits per heavy atom. The van der Waals surface area contributed by atoms with Crippen molar-refractivity contribution in [2.24, 2.45) is 12.8 Å². The first kappa shape index (κ1) is 12.6. The van der Waals surface area contributed by atoms with Crippen molar-refractivity contribution in [2.75, 3.05) is 11.9 Å². The minimum atomic E-state index is 0.500. The van der Waals surface area contributed by atoms with Gasteiger partial charge < -0.3 is 10.6 Å². The standard InChI is InChI=1S/C13H19N5/c1-10-4-5-12(6-14)13(16-10)17(2)8-11-7-15-18(3)9-11/h4-5,7,9H,6,8,14H2,1-3H3. The monoisotopic (exact) mass is 245 g/mol. The Kier molecular flexibility index (Phi) is 3.62. The number of nitrogens with zero attached hydrogens (tertiary/aromatic N) is 4. The summed E-state index contributed by atoms with van der Waals surface area (Å²) >= 11 is 0. The predicted molar refractivity (Wildman–Crippen MR) is 72.2 cm³/mol. The average molecular weight is 245 g/mol. The lowest BCUT2D eigenvalue weighted by Gasteiger charge is -2.20. The van der Waals surface area contributed by atoms with Gasteiger partial charge in [-0.2, -0.15) is 5.10 Å². The highest BCUT2D eigenvalue weighted by atomic mass is 15.2. The Morgan fingerprint density at radius 2 is 2.17 bits per heavy atom. The van der Waals surface area contributed by atoms with E-state index in [1.807, 2.05) is 45.5 Å². The van der Waals surface area contributed by atoms with Gasteiger partial charge in [-0.15, -0.1) is 0 Å². The van der Waals surface area contributed by atoms with Gasteiger partial charge in [-0.25, -0.2) is 4.98 Å². The first-order chi connectivity index (χ1) is 8.60. The van der Waals surface area contributed by atoms with Crippen molar-refractivity contribution >= 4 is 5.82 Å². The van der Waals surface area contributed by atoms with Crippen molar-refractivity contribution in [2.45, 2.75) is 20.0 Å². The number of anilines is 1. The second-order valence-electron chi connectivity index (χ2n) is 4.52. The first-order valence-electron chi connectivity index (χ1n) is 5.95. The molecule has 2 heterocycles. The molecule has 2 aromatic heterocycles. The van der Waals surface area contributed by atoms with E-state index >= 15 is 0 Å². The van der Waals surface area contributed by atoms with Gasteiger partial charge in [0.25, 0.3) is 0 Å². The molecule has 5 nitrogen and oxygen atoms in total. The minimum absolute atomic E-state index is 0.500. The highest BCUT2D eigenvalue weighted by molar-refractivity contribution is 5.47. The maximum absolute atomic E-state index is 5.75. The van der Waals surface area contributed by atoms with Crippen LogP contribution in [0.15, 0.2) is 24.5 Å². The quantitative estimate of drug-likeness (QED) is 0.880. The summed E-state index contributed by atoms with van der Waals surface area (Å²) in [4.78, 5) is 6.67. The smallest absolute Gasteiger partial charge is 0.133 e. The van der Waals surface area contributed by atoms with Crippen molar-refractivity contribution in [1.29, 1.82) is 0 Å². The van der Waals surface area contributed by atoms with E-state index in [4.69, 9.17) is 5.73 Å². The highest BCUT2D eigenvalue weighted by Crippen LogP contribution is 2.18. The van der Waals surface area contributed by atoms with Crippen molar-refractivity contribution in [3.05, 3.63) is 41.3 Å². The molecule has 18 heavy (non-hydrogen) atoms. The molecule has 0 saturated heterocycles. The van der Waals surface area contributed by atoms with E-state index in [0.717, 1.165) is 29.2 Å². The van der Waals surface area contributed by atoms with Gasteiger partial charge in [-0.3, -0.25) is 4.68 Å². The van der Waals surface area contributed by atoms with E-state index in [0.29, 0.717) is 6.54 Å². The van der Waals surface area contributed by atoms with Gasteiger partial charge in [0.1, 0.15) is 5.82 Å². The molecule has 0 aromatic carbocycles. The summed E-state index contributed by atoms with van der Waals surface area (Å²) in [5.74, 6) is 0.946. The molecule has 5 heteroatoms. The molecule has 0 fully saturated rings. The van der Waals surface area contributed by atoms with Crippen LogP contribution in [-0.2, 0) is 20.1 Å². The molecule has 2 aromatic rings. The third kappa shape index (κ3) is 2.68. The molecule has 0 aliphatic carbocycles. The third-order valence-electron chi connectivity index (χ3n) is 2.85. The topological polar surface area (TPSA) is 60.0 Å². The number of nitrogens with two attached hydrogens (primary N) is 1. The third-order valence-corrected chi connectivity index (χ3v) is 2.85. The fourth-order valence-electron chi connectivity index (χ4n) is 1.96.